The molecule has 2 aromatic carbocycles. The van der Waals surface area contributed by atoms with E-state index in [0.29, 0.717) is 25.0 Å². The minimum absolute atomic E-state index is 0.0484. The lowest BCUT2D eigenvalue weighted by Gasteiger charge is -2.15. The molecule has 0 spiro atoms. The molecular formula is C19H22N6O. The summed E-state index contributed by atoms with van der Waals surface area (Å²) in [6.07, 6.45) is 0. The van der Waals surface area contributed by atoms with Gasteiger partial charge in [-0.25, -0.2) is 0 Å². The van der Waals surface area contributed by atoms with E-state index in [1.807, 2.05) is 67.6 Å². The van der Waals surface area contributed by atoms with Crippen LogP contribution in [-0.2, 0) is 0 Å². The molecule has 0 bridgehead atoms. The van der Waals surface area contributed by atoms with Crippen LogP contribution in [0, 0.1) is 0 Å². The van der Waals surface area contributed by atoms with Gasteiger partial charge in [-0.1, -0.05) is 48.5 Å². The fourth-order valence-corrected chi connectivity index (χ4v) is 2.40. The molecule has 0 aliphatic rings. The Balaban J connectivity index is 1.55. The number of anilines is 3. The summed E-state index contributed by atoms with van der Waals surface area (Å²) < 4.78 is 5.63. The zero-order valence-electron chi connectivity index (χ0n) is 14.6. The van der Waals surface area contributed by atoms with E-state index in [0.717, 1.165) is 11.3 Å². The van der Waals surface area contributed by atoms with Crippen LogP contribution < -0.4 is 21.1 Å². The topological polar surface area (TPSA) is 98.0 Å². The molecule has 4 N–H and O–H groups in total. The van der Waals surface area contributed by atoms with Gasteiger partial charge in [0.15, 0.2) is 0 Å². The Labute approximate surface area is 152 Å². The lowest BCUT2D eigenvalue weighted by molar-refractivity contribution is 0.332. The number of nitrogens with two attached hydrogens (primary N) is 1. The fraction of sp³-hybridized carbons (Fsp3) is 0.211. The first-order chi connectivity index (χ1) is 12.7. The highest BCUT2D eigenvalue weighted by molar-refractivity contribution is 5.41. The molecule has 0 saturated heterocycles. The maximum absolute atomic E-state index is 5.80. The van der Waals surface area contributed by atoms with Crippen molar-refractivity contribution in [3.63, 3.8) is 0 Å². The monoisotopic (exact) mass is 350 g/mol. The van der Waals surface area contributed by atoms with Gasteiger partial charge in [-0.3, -0.25) is 0 Å². The average molecular weight is 350 g/mol. The zero-order valence-corrected chi connectivity index (χ0v) is 14.6. The number of nitrogen functional groups attached to an aromatic ring is 1. The predicted octanol–water partition coefficient (Wildman–Crippen LogP) is 3.12. The number of hydrogen-bond acceptors (Lipinski definition) is 7. The lowest BCUT2D eigenvalue weighted by Crippen LogP contribution is -2.16. The summed E-state index contributed by atoms with van der Waals surface area (Å²) in [5.74, 6) is 1.83. The number of para-hydroxylation sites is 1. The van der Waals surface area contributed by atoms with Crippen molar-refractivity contribution in [3.8, 4) is 5.75 Å². The highest BCUT2D eigenvalue weighted by Crippen LogP contribution is 2.17. The van der Waals surface area contributed by atoms with Gasteiger partial charge >= 0.3 is 0 Å². The van der Waals surface area contributed by atoms with E-state index < -0.39 is 0 Å². The summed E-state index contributed by atoms with van der Waals surface area (Å²) in [5.41, 5.74) is 6.93. The van der Waals surface area contributed by atoms with Crippen molar-refractivity contribution in [1.29, 1.82) is 0 Å². The van der Waals surface area contributed by atoms with E-state index >= 15 is 0 Å². The van der Waals surface area contributed by atoms with E-state index in [-0.39, 0.29) is 12.0 Å². The van der Waals surface area contributed by atoms with Gasteiger partial charge in [0.1, 0.15) is 12.4 Å². The molecule has 26 heavy (non-hydrogen) atoms. The molecule has 0 aliphatic heterocycles. The molecule has 0 fully saturated rings. The van der Waals surface area contributed by atoms with Gasteiger partial charge in [-0.15, -0.1) is 0 Å². The van der Waals surface area contributed by atoms with Crippen LogP contribution in [0.4, 0.5) is 17.8 Å². The number of ether oxygens (including phenoxy) is 1. The molecule has 0 aliphatic carbocycles. The number of benzene rings is 2. The molecule has 0 radical (unpaired) electrons. The molecule has 0 unspecified atom stereocenters. The molecule has 7 heteroatoms. The van der Waals surface area contributed by atoms with Crippen LogP contribution in [0.5, 0.6) is 5.75 Å². The van der Waals surface area contributed by atoms with Crippen LogP contribution in [-0.4, -0.2) is 28.1 Å². The quantitative estimate of drug-likeness (QED) is 0.537. The van der Waals surface area contributed by atoms with E-state index in [9.17, 15) is 0 Å². The average Bonchev–Trinajstić information content (AvgIpc) is 2.66. The largest absolute Gasteiger partial charge is 0.492 e. The molecule has 0 saturated carbocycles. The van der Waals surface area contributed by atoms with Crippen molar-refractivity contribution in [2.24, 2.45) is 0 Å². The highest BCUT2D eigenvalue weighted by Gasteiger charge is 2.09. The molecular weight excluding hydrogens is 328 g/mol. The Bertz CT molecular complexity index is 813. The van der Waals surface area contributed by atoms with Crippen LogP contribution in [0.3, 0.4) is 0 Å². The third kappa shape index (κ3) is 5.07. The van der Waals surface area contributed by atoms with Crippen molar-refractivity contribution >= 4 is 17.8 Å². The standard InChI is InChI=1S/C19H22N6O/c1-14(15-8-4-2-5-9-15)22-19-24-17(20)23-18(25-19)21-12-13-26-16-10-6-3-7-11-16/h2-11,14H,12-13H2,1H3,(H4,20,21,22,23,24,25)/t14-/m1/s1. The summed E-state index contributed by atoms with van der Waals surface area (Å²) in [6.45, 7) is 3.07. The third-order valence-electron chi connectivity index (χ3n) is 3.69. The third-order valence-corrected chi connectivity index (χ3v) is 3.69. The van der Waals surface area contributed by atoms with Crippen LogP contribution in [0.15, 0.2) is 60.7 Å². The number of nitrogens with one attached hydrogen (secondary N) is 2. The van der Waals surface area contributed by atoms with Gasteiger partial charge in [-0.2, -0.15) is 15.0 Å². The zero-order chi connectivity index (χ0) is 18.2. The van der Waals surface area contributed by atoms with Crippen LogP contribution in [0.25, 0.3) is 0 Å². The first-order valence-corrected chi connectivity index (χ1v) is 8.45. The van der Waals surface area contributed by atoms with Crippen molar-refractivity contribution in [3.05, 3.63) is 66.2 Å². The number of hydrogen-bond donors (Lipinski definition) is 3. The number of aromatic nitrogens is 3. The number of nitrogens with zero attached hydrogens (tertiary/aromatic N) is 3. The molecule has 0 amide bonds. The second-order valence-electron chi connectivity index (χ2n) is 5.71. The summed E-state index contributed by atoms with van der Waals surface area (Å²) in [5, 5.41) is 6.34. The molecule has 3 aromatic rings. The Morgan fingerprint density at radius 3 is 2.31 bits per heavy atom. The smallest absolute Gasteiger partial charge is 0.229 e. The fourth-order valence-electron chi connectivity index (χ4n) is 2.40. The second-order valence-corrected chi connectivity index (χ2v) is 5.71. The minimum atomic E-state index is 0.0484. The number of rotatable bonds is 8. The van der Waals surface area contributed by atoms with Gasteiger partial charge in [0.05, 0.1) is 12.6 Å². The Hall–Kier alpha value is -3.35. The molecule has 1 atom stereocenters. The van der Waals surface area contributed by atoms with Gasteiger partial charge in [0.25, 0.3) is 0 Å². The summed E-state index contributed by atoms with van der Waals surface area (Å²) in [6, 6.07) is 19.7. The summed E-state index contributed by atoms with van der Waals surface area (Å²) in [4.78, 5) is 12.6. The van der Waals surface area contributed by atoms with E-state index in [1.54, 1.807) is 0 Å². The molecule has 3 rings (SSSR count). The van der Waals surface area contributed by atoms with Crippen molar-refractivity contribution in [1.82, 2.24) is 15.0 Å². The Morgan fingerprint density at radius 2 is 1.58 bits per heavy atom. The SMILES string of the molecule is C[C@@H](Nc1nc(N)nc(NCCOc2ccccc2)n1)c1ccccc1. The highest BCUT2D eigenvalue weighted by atomic mass is 16.5. The van der Waals surface area contributed by atoms with Crippen molar-refractivity contribution in [2.45, 2.75) is 13.0 Å². The normalized spacial score (nSPS) is 11.6. The van der Waals surface area contributed by atoms with Gasteiger partial charge < -0.3 is 21.1 Å². The summed E-state index contributed by atoms with van der Waals surface area (Å²) in [7, 11) is 0. The first kappa shape index (κ1) is 17.5. The summed E-state index contributed by atoms with van der Waals surface area (Å²) >= 11 is 0. The van der Waals surface area contributed by atoms with E-state index in [1.165, 1.54) is 0 Å². The van der Waals surface area contributed by atoms with Crippen LogP contribution in [0.1, 0.15) is 18.5 Å². The lowest BCUT2D eigenvalue weighted by atomic mass is 10.1. The molecule has 134 valence electrons. The first-order valence-electron chi connectivity index (χ1n) is 8.45. The van der Waals surface area contributed by atoms with Gasteiger partial charge in [0.2, 0.25) is 17.8 Å². The van der Waals surface area contributed by atoms with Crippen molar-refractivity contribution in [2.75, 3.05) is 29.5 Å². The maximum Gasteiger partial charge on any atom is 0.229 e. The predicted molar refractivity (Wildman–Crippen MR) is 103 cm³/mol. The van der Waals surface area contributed by atoms with E-state index in [2.05, 4.69) is 25.6 Å². The Morgan fingerprint density at radius 1 is 0.923 bits per heavy atom. The maximum atomic E-state index is 5.80. The molecule has 1 heterocycles. The van der Waals surface area contributed by atoms with E-state index in [4.69, 9.17) is 10.5 Å². The van der Waals surface area contributed by atoms with Crippen molar-refractivity contribution < 1.29 is 4.74 Å². The molecule has 1 aromatic heterocycles. The van der Waals surface area contributed by atoms with Gasteiger partial charge in [-0.05, 0) is 24.6 Å². The Kier molecular flexibility index (Phi) is 5.82. The molecule has 7 nitrogen and oxygen atoms in total. The van der Waals surface area contributed by atoms with Gasteiger partial charge in [0, 0.05) is 0 Å². The van der Waals surface area contributed by atoms with Crippen LogP contribution >= 0.6 is 0 Å². The van der Waals surface area contributed by atoms with Crippen LogP contribution in [0.2, 0.25) is 0 Å². The minimum Gasteiger partial charge on any atom is -0.492 e. The second kappa shape index (κ2) is 8.66.